The Hall–Kier alpha value is -0.630. The van der Waals surface area contributed by atoms with Gasteiger partial charge in [-0.05, 0) is 28.8 Å². The molecule has 1 aromatic rings. The SMILES string of the molecule is CCC1C(=O)CC1c1ccsc1. The summed E-state index contributed by atoms with van der Waals surface area (Å²) in [6.07, 6.45) is 1.77. The first-order chi connectivity index (χ1) is 5.83. The maximum atomic E-state index is 11.2. The molecule has 0 bridgehead atoms. The normalized spacial score (nSPS) is 28.6. The van der Waals surface area contributed by atoms with Gasteiger partial charge in [0.15, 0.2) is 0 Å². The topological polar surface area (TPSA) is 17.1 Å². The van der Waals surface area contributed by atoms with Crippen molar-refractivity contribution in [3.63, 3.8) is 0 Å². The van der Waals surface area contributed by atoms with Gasteiger partial charge in [0.2, 0.25) is 0 Å². The van der Waals surface area contributed by atoms with Gasteiger partial charge in [-0.15, -0.1) is 0 Å². The first-order valence-corrected chi connectivity index (χ1v) is 5.32. The zero-order valence-electron chi connectivity index (χ0n) is 7.12. The number of thiophene rings is 1. The fourth-order valence-corrected chi connectivity index (χ4v) is 2.65. The fraction of sp³-hybridized carbons (Fsp3) is 0.500. The molecule has 0 saturated heterocycles. The van der Waals surface area contributed by atoms with Crippen molar-refractivity contribution < 1.29 is 4.79 Å². The van der Waals surface area contributed by atoms with Gasteiger partial charge in [-0.3, -0.25) is 4.79 Å². The molecule has 0 amide bonds. The van der Waals surface area contributed by atoms with Crippen LogP contribution in [-0.2, 0) is 4.79 Å². The van der Waals surface area contributed by atoms with Gasteiger partial charge in [0, 0.05) is 18.3 Å². The summed E-state index contributed by atoms with van der Waals surface area (Å²) in [4.78, 5) is 11.2. The van der Waals surface area contributed by atoms with Crippen LogP contribution in [-0.4, -0.2) is 5.78 Å². The highest BCUT2D eigenvalue weighted by molar-refractivity contribution is 7.08. The van der Waals surface area contributed by atoms with Crippen LogP contribution in [0.1, 0.15) is 31.2 Å². The van der Waals surface area contributed by atoms with Gasteiger partial charge in [-0.2, -0.15) is 11.3 Å². The molecule has 64 valence electrons. The number of hydrogen-bond acceptors (Lipinski definition) is 2. The van der Waals surface area contributed by atoms with E-state index in [0.29, 0.717) is 17.6 Å². The maximum Gasteiger partial charge on any atom is 0.137 e. The van der Waals surface area contributed by atoms with Gasteiger partial charge in [0.1, 0.15) is 5.78 Å². The number of ketones is 1. The molecule has 1 nitrogen and oxygen atoms in total. The Balaban J connectivity index is 2.13. The molecule has 1 saturated carbocycles. The summed E-state index contributed by atoms with van der Waals surface area (Å²) in [5.41, 5.74) is 1.37. The summed E-state index contributed by atoms with van der Waals surface area (Å²) in [7, 11) is 0. The molecule has 0 aliphatic heterocycles. The van der Waals surface area contributed by atoms with E-state index >= 15 is 0 Å². The summed E-state index contributed by atoms with van der Waals surface area (Å²) in [5.74, 6) is 1.31. The second-order valence-electron chi connectivity index (χ2n) is 3.35. The molecule has 0 aromatic carbocycles. The van der Waals surface area contributed by atoms with Crippen molar-refractivity contribution in [3.8, 4) is 0 Å². The minimum atomic E-state index is 0.319. The van der Waals surface area contributed by atoms with Crippen LogP contribution in [0.4, 0.5) is 0 Å². The molecular formula is C10H12OS. The van der Waals surface area contributed by atoms with Crippen molar-refractivity contribution in [1.29, 1.82) is 0 Å². The summed E-state index contributed by atoms with van der Waals surface area (Å²) < 4.78 is 0. The number of rotatable bonds is 2. The Bertz CT molecular complexity index is 276. The molecule has 1 aromatic heterocycles. The van der Waals surface area contributed by atoms with Crippen molar-refractivity contribution in [1.82, 2.24) is 0 Å². The van der Waals surface area contributed by atoms with Crippen molar-refractivity contribution in [2.24, 2.45) is 5.92 Å². The van der Waals surface area contributed by atoms with Crippen LogP contribution in [0.5, 0.6) is 0 Å². The van der Waals surface area contributed by atoms with Crippen molar-refractivity contribution >= 4 is 17.1 Å². The molecule has 0 N–H and O–H groups in total. The van der Waals surface area contributed by atoms with Crippen LogP contribution < -0.4 is 0 Å². The van der Waals surface area contributed by atoms with E-state index in [2.05, 4.69) is 23.8 Å². The van der Waals surface area contributed by atoms with Crippen LogP contribution in [0.3, 0.4) is 0 Å². The van der Waals surface area contributed by atoms with Crippen molar-refractivity contribution in [2.45, 2.75) is 25.7 Å². The summed E-state index contributed by atoms with van der Waals surface area (Å²) in [6.45, 7) is 2.10. The van der Waals surface area contributed by atoms with Gasteiger partial charge < -0.3 is 0 Å². The molecule has 0 radical (unpaired) electrons. The first kappa shape index (κ1) is 7.99. The predicted molar refractivity (Wildman–Crippen MR) is 50.5 cm³/mol. The first-order valence-electron chi connectivity index (χ1n) is 4.37. The lowest BCUT2D eigenvalue weighted by Gasteiger charge is -2.33. The number of carbonyl (C=O) groups excluding carboxylic acids is 1. The predicted octanol–water partition coefficient (Wildman–Crippen LogP) is 2.83. The minimum Gasteiger partial charge on any atom is -0.299 e. The quantitative estimate of drug-likeness (QED) is 0.684. The molecule has 1 aliphatic carbocycles. The molecule has 1 fully saturated rings. The number of carbonyl (C=O) groups is 1. The van der Waals surface area contributed by atoms with E-state index in [1.165, 1.54) is 5.56 Å². The summed E-state index contributed by atoms with van der Waals surface area (Å²) in [5, 5.41) is 4.25. The van der Waals surface area contributed by atoms with Gasteiger partial charge in [-0.25, -0.2) is 0 Å². The second-order valence-corrected chi connectivity index (χ2v) is 4.13. The number of hydrogen-bond donors (Lipinski definition) is 0. The van der Waals surface area contributed by atoms with Gasteiger partial charge in [0.25, 0.3) is 0 Å². The Morgan fingerprint density at radius 2 is 2.50 bits per heavy atom. The Morgan fingerprint density at radius 3 is 3.00 bits per heavy atom. The lowest BCUT2D eigenvalue weighted by atomic mass is 9.68. The third-order valence-electron chi connectivity index (χ3n) is 2.73. The second kappa shape index (κ2) is 3.02. The van der Waals surface area contributed by atoms with Crippen molar-refractivity contribution in [3.05, 3.63) is 22.4 Å². The highest BCUT2D eigenvalue weighted by Crippen LogP contribution is 2.41. The molecule has 2 atom stereocenters. The molecule has 2 heteroatoms. The molecule has 1 heterocycles. The molecule has 1 aliphatic rings. The highest BCUT2D eigenvalue weighted by Gasteiger charge is 2.38. The van der Waals surface area contributed by atoms with Crippen molar-refractivity contribution in [2.75, 3.05) is 0 Å². The highest BCUT2D eigenvalue weighted by atomic mass is 32.1. The monoisotopic (exact) mass is 180 g/mol. The summed E-state index contributed by atoms with van der Waals surface area (Å²) in [6, 6.07) is 2.14. The zero-order chi connectivity index (χ0) is 8.55. The van der Waals surface area contributed by atoms with Crippen LogP contribution in [0, 0.1) is 5.92 Å². The zero-order valence-corrected chi connectivity index (χ0v) is 7.93. The van der Waals surface area contributed by atoms with E-state index in [1.807, 2.05) is 0 Å². The third kappa shape index (κ3) is 1.11. The van der Waals surface area contributed by atoms with E-state index in [4.69, 9.17) is 0 Å². The Morgan fingerprint density at radius 1 is 1.67 bits per heavy atom. The maximum absolute atomic E-state index is 11.2. The molecule has 2 unspecified atom stereocenters. The van der Waals surface area contributed by atoms with Crippen LogP contribution in [0.15, 0.2) is 16.8 Å². The largest absolute Gasteiger partial charge is 0.299 e. The smallest absolute Gasteiger partial charge is 0.137 e. The number of Topliss-reactive ketones (excluding diaryl/α,β-unsaturated/α-hetero) is 1. The Labute approximate surface area is 76.4 Å². The lowest BCUT2D eigenvalue weighted by Crippen LogP contribution is -2.34. The van der Waals surface area contributed by atoms with E-state index in [9.17, 15) is 4.79 Å². The Kier molecular flexibility index (Phi) is 2.01. The molecule has 0 spiro atoms. The van der Waals surface area contributed by atoms with Gasteiger partial charge >= 0.3 is 0 Å². The van der Waals surface area contributed by atoms with E-state index in [0.717, 1.165) is 12.8 Å². The summed E-state index contributed by atoms with van der Waals surface area (Å²) >= 11 is 1.72. The third-order valence-corrected chi connectivity index (χ3v) is 3.43. The van der Waals surface area contributed by atoms with E-state index in [1.54, 1.807) is 11.3 Å². The molecule has 12 heavy (non-hydrogen) atoms. The van der Waals surface area contributed by atoms with Gasteiger partial charge in [-0.1, -0.05) is 6.92 Å². The minimum absolute atomic E-state index is 0.319. The van der Waals surface area contributed by atoms with Crippen LogP contribution >= 0.6 is 11.3 Å². The molecule has 2 rings (SSSR count). The van der Waals surface area contributed by atoms with Crippen LogP contribution in [0.2, 0.25) is 0 Å². The van der Waals surface area contributed by atoms with E-state index in [-0.39, 0.29) is 0 Å². The molecular weight excluding hydrogens is 168 g/mol. The standard InChI is InChI=1S/C10H12OS/c1-2-8-9(5-10(8)11)7-3-4-12-6-7/h3-4,6,8-9H,2,5H2,1H3. The van der Waals surface area contributed by atoms with Crippen LogP contribution in [0.25, 0.3) is 0 Å². The van der Waals surface area contributed by atoms with Gasteiger partial charge in [0.05, 0.1) is 0 Å². The fourth-order valence-electron chi connectivity index (χ4n) is 1.92. The average Bonchev–Trinajstić information content (AvgIpc) is 2.52. The van der Waals surface area contributed by atoms with E-state index < -0.39 is 0 Å². The lowest BCUT2D eigenvalue weighted by molar-refractivity contribution is -0.131. The average molecular weight is 180 g/mol.